The Bertz CT molecular complexity index is 2290. The highest BCUT2D eigenvalue weighted by atomic mass is 16.5. The number of piperidine rings is 3. The number of benzene rings is 1. The molecule has 4 saturated heterocycles. The fourth-order valence-corrected chi connectivity index (χ4v) is 9.59. The van der Waals surface area contributed by atoms with Gasteiger partial charge >= 0.3 is 0 Å². The smallest absolute Gasteiger partial charge is 0.262 e. The molecule has 16 nitrogen and oxygen atoms in total. The molecule has 308 valence electrons. The molecule has 0 radical (unpaired) electrons. The van der Waals surface area contributed by atoms with Crippen LogP contribution in [0, 0.1) is 11.8 Å². The molecule has 0 bridgehead atoms. The lowest BCUT2D eigenvalue weighted by Crippen LogP contribution is -2.54. The molecule has 8 heterocycles. The van der Waals surface area contributed by atoms with Crippen molar-refractivity contribution in [3.8, 4) is 17.3 Å². The highest BCUT2D eigenvalue weighted by Gasteiger charge is 2.45. The molecule has 4 amide bonds. The monoisotopic (exact) mass is 801 g/mol. The van der Waals surface area contributed by atoms with Crippen LogP contribution in [0.1, 0.15) is 79.0 Å². The topological polar surface area (TPSA) is 173 Å². The van der Waals surface area contributed by atoms with E-state index in [1.165, 1.54) is 0 Å². The van der Waals surface area contributed by atoms with Crippen molar-refractivity contribution < 1.29 is 23.9 Å². The van der Waals surface area contributed by atoms with Crippen LogP contribution in [-0.4, -0.2) is 141 Å². The summed E-state index contributed by atoms with van der Waals surface area (Å²) in [7, 11) is 0. The fourth-order valence-electron chi connectivity index (χ4n) is 9.59. The third-order valence-electron chi connectivity index (χ3n) is 13.5. The van der Waals surface area contributed by atoms with Crippen molar-refractivity contribution >= 4 is 46.0 Å². The zero-order valence-electron chi connectivity index (χ0n) is 33.6. The SMILES string of the molecule is CC1(Oc2cc3c(-c4cc(N5CCC(CN6CCN(CC7CCN(c8ccc9c(c8)C(=O)N(C8CCC(=O)NC8=O)C9=O)CC7)CC6)CC5)ncn4)n[nH]c3cn2)CC1. The van der Waals surface area contributed by atoms with Gasteiger partial charge in [0.15, 0.2) is 0 Å². The maximum absolute atomic E-state index is 13.4. The Labute approximate surface area is 342 Å². The van der Waals surface area contributed by atoms with E-state index in [9.17, 15) is 19.2 Å². The Hall–Kier alpha value is -5.48. The van der Waals surface area contributed by atoms with Gasteiger partial charge in [0, 0.05) is 95.1 Å². The van der Waals surface area contributed by atoms with Gasteiger partial charge in [-0.2, -0.15) is 5.10 Å². The van der Waals surface area contributed by atoms with E-state index in [2.05, 4.69) is 63.1 Å². The van der Waals surface area contributed by atoms with Crippen molar-refractivity contribution in [2.24, 2.45) is 11.8 Å². The predicted octanol–water partition coefficient (Wildman–Crippen LogP) is 3.50. The molecule has 1 atom stereocenters. The minimum atomic E-state index is -0.953. The summed E-state index contributed by atoms with van der Waals surface area (Å²) in [5, 5.41) is 10.9. The van der Waals surface area contributed by atoms with E-state index in [0.717, 1.165) is 143 Å². The molecule has 6 aliphatic rings. The number of nitrogens with one attached hydrogen (secondary N) is 2. The van der Waals surface area contributed by atoms with Crippen LogP contribution >= 0.6 is 0 Å². The summed E-state index contributed by atoms with van der Waals surface area (Å²) < 4.78 is 6.12. The van der Waals surface area contributed by atoms with E-state index in [1.807, 2.05) is 12.1 Å². The Morgan fingerprint density at radius 3 is 2.12 bits per heavy atom. The lowest BCUT2D eigenvalue weighted by Gasteiger charge is -2.41. The van der Waals surface area contributed by atoms with E-state index in [1.54, 1.807) is 24.7 Å². The lowest BCUT2D eigenvalue weighted by atomic mass is 9.94. The molecule has 1 aromatic carbocycles. The van der Waals surface area contributed by atoms with Gasteiger partial charge in [-0.1, -0.05) is 0 Å². The highest BCUT2D eigenvalue weighted by Crippen LogP contribution is 2.40. The van der Waals surface area contributed by atoms with Gasteiger partial charge in [-0.05, 0) is 81.9 Å². The Balaban J connectivity index is 0.666. The molecule has 1 unspecified atom stereocenters. The first-order valence-corrected chi connectivity index (χ1v) is 21.3. The highest BCUT2D eigenvalue weighted by molar-refractivity contribution is 6.23. The number of amides is 4. The van der Waals surface area contributed by atoms with Crippen molar-refractivity contribution in [2.75, 3.05) is 75.2 Å². The van der Waals surface area contributed by atoms with E-state index < -0.39 is 23.8 Å². The average molecular weight is 802 g/mol. The summed E-state index contributed by atoms with van der Waals surface area (Å²) in [6, 6.07) is 8.50. The van der Waals surface area contributed by atoms with Crippen LogP contribution in [0.3, 0.4) is 0 Å². The zero-order valence-corrected chi connectivity index (χ0v) is 33.6. The summed E-state index contributed by atoms with van der Waals surface area (Å²) in [4.78, 5) is 75.3. The van der Waals surface area contributed by atoms with Gasteiger partial charge in [-0.15, -0.1) is 0 Å². The van der Waals surface area contributed by atoms with Crippen molar-refractivity contribution in [1.82, 2.24) is 45.2 Å². The number of piperazine rings is 1. The second kappa shape index (κ2) is 15.3. The van der Waals surface area contributed by atoms with E-state index >= 15 is 0 Å². The number of carbonyl (C=O) groups is 4. The molecule has 2 N–H and O–H groups in total. The number of nitrogens with zero attached hydrogens (tertiary/aromatic N) is 9. The molecule has 59 heavy (non-hydrogen) atoms. The number of rotatable bonds is 10. The maximum atomic E-state index is 13.4. The number of pyridine rings is 1. The summed E-state index contributed by atoms with van der Waals surface area (Å²) in [6.07, 6.45) is 10.2. The van der Waals surface area contributed by atoms with Crippen molar-refractivity contribution in [1.29, 1.82) is 0 Å². The standard InChI is InChI=1S/C43H51N11O5/c1-43(10-11-43)59-38-21-32-34(23-44-38)48-49-39(32)33-22-36(46-26-45-33)53-14-8-28(9-15-53)25-51-18-16-50(17-19-51)24-27-6-12-52(13-7-27)29-2-3-30-31(20-29)42(58)54(41(30)57)35-4-5-37(55)47-40(35)56/h2-3,20-23,26-28,35H,4-19,24-25H2,1H3,(H,48,49)(H,47,55,56). The quantitative estimate of drug-likeness (QED) is 0.224. The summed E-state index contributed by atoms with van der Waals surface area (Å²) in [5.74, 6) is 0.962. The molecular weight excluding hydrogens is 751 g/mol. The molecule has 5 aliphatic heterocycles. The van der Waals surface area contributed by atoms with Crippen LogP contribution in [0.2, 0.25) is 0 Å². The maximum Gasteiger partial charge on any atom is 0.262 e. The number of carbonyl (C=O) groups excluding carboxylic acids is 4. The number of aromatic amines is 1. The molecule has 1 saturated carbocycles. The molecule has 10 rings (SSSR count). The van der Waals surface area contributed by atoms with Crippen molar-refractivity contribution in [3.63, 3.8) is 0 Å². The number of hydrogen-bond donors (Lipinski definition) is 2. The van der Waals surface area contributed by atoms with Gasteiger partial charge < -0.3 is 24.3 Å². The third kappa shape index (κ3) is 7.63. The zero-order chi connectivity index (χ0) is 40.3. The molecule has 0 spiro atoms. The minimum absolute atomic E-state index is 0.104. The Kier molecular flexibility index (Phi) is 9.78. The normalized spacial score (nSPS) is 23.3. The van der Waals surface area contributed by atoms with E-state index in [-0.39, 0.29) is 24.3 Å². The Morgan fingerprint density at radius 1 is 0.763 bits per heavy atom. The van der Waals surface area contributed by atoms with Gasteiger partial charge in [0.1, 0.15) is 29.5 Å². The van der Waals surface area contributed by atoms with Gasteiger partial charge in [0.05, 0.1) is 28.5 Å². The number of fused-ring (bicyclic) bond motifs is 2. The number of ether oxygens (including phenoxy) is 1. The molecule has 5 fully saturated rings. The summed E-state index contributed by atoms with van der Waals surface area (Å²) >= 11 is 0. The van der Waals surface area contributed by atoms with Crippen LogP contribution in [0.25, 0.3) is 22.3 Å². The van der Waals surface area contributed by atoms with Crippen LogP contribution < -0.4 is 19.9 Å². The van der Waals surface area contributed by atoms with Gasteiger partial charge in [-0.25, -0.2) is 15.0 Å². The molecular formula is C43H51N11O5. The number of anilines is 2. The second-order valence-electron chi connectivity index (χ2n) is 17.6. The fraction of sp³-hybridized carbons (Fsp3) is 0.535. The second-order valence-corrected chi connectivity index (χ2v) is 17.6. The lowest BCUT2D eigenvalue weighted by molar-refractivity contribution is -0.136. The van der Waals surface area contributed by atoms with Crippen LogP contribution in [-0.2, 0) is 9.59 Å². The number of hydrogen-bond acceptors (Lipinski definition) is 13. The van der Waals surface area contributed by atoms with Crippen molar-refractivity contribution in [2.45, 2.75) is 69.9 Å². The van der Waals surface area contributed by atoms with Crippen LogP contribution in [0.5, 0.6) is 5.88 Å². The number of H-pyrrole nitrogens is 1. The predicted molar refractivity (Wildman–Crippen MR) is 219 cm³/mol. The van der Waals surface area contributed by atoms with Crippen molar-refractivity contribution in [3.05, 3.63) is 54.0 Å². The molecule has 16 heteroatoms. The average Bonchev–Trinajstić information content (AvgIpc) is 3.73. The van der Waals surface area contributed by atoms with Gasteiger partial charge in [-0.3, -0.25) is 34.5 Å². The molecule has 3 aromatic heterocycles. The van der Waals surface area contributed by atoms with E-state index in [4.69, 9.17) is 4.74 Å². The largest absolute Gasteiger partial charge is 0.471 e. The van der Waals surface area contributed by atoms with Gasteiger partial charge in [0.25, 0.3) is 11.8 Å². The number of aromatic nitrogens is 5. The summed E-state index contributed by atoms with van der Waals surface area (Å²) in [5.41, 5.74) is 3.91. The van der Waals surface area contributed by atoms with Crippen LogP contribution in [0.15, 0.2) is 42.9 Å². The first-order chi connectivity index (χ1) is 28.7. The van der Waals surface area contributed by atoms with Crippen LogP contribution in [0.4, 0.5) is 11.5 Å². The summed E-state index contributed by atoms with van der Waals surface area (Å²) in [6.45, 7) is 12.5. The Morgan fingerprint density at radius 2 is 1.44 bits per heavy atom. The number of imide groups is 2. The van der Waals surface area contributed by atoms with Gasteiger partial charge in [0.2, 0.25) is 17.7 Å². The first kappa shape index (κ1) is 37.8. The molecule has 1 aliphatic carbocycles. The third-order valence-corrected chi connectivity index (χ3v) is 13.5. The minimum Gasteiger partial charge on any atom is -0.471 e. The first-order valence-electron chi connectivity index (χ1n) is 21.3. The van der Waals surface area contributed by atoms with E-state index in [0.29, 0.717) is 28.8 Å². The molecule has 4 aromatic rings.